The average Bonchev–Trinajstić information content (AvgIpc) is 2.56. The number of hydrogen-bond acceptors (Lipinski definition) is 3. The van der Waals surface area contributed by atoms with Crippen LogP contribution in [0.25, 0.3) is 11.1 Å². The molecule has 0 aliphatic heterocycles. The molecule has 3 rings (SSSR count). The summed E-state index contributed by atoms with van der Waals surface area (Å²) in [5.41, 5.74) is 14.8. The van der Waals surface area contributed by atoms with Crippen LogP contribution < -0.4 is 11.5 Å². The number of nitrogens with two attached hydrogens (primary N) is 2. The highest BCUT2D eigenvalue weighted by atomic mass is 35.5. The molecule has 0 radical (unpaired) electrons. The zero-order chi connectivity index (χ0) is 13.0. The van der Waals surface area contributed by atoms with Crippen LogP contribution >= 0.6 is 23.2 Å². The number of anilines is 2. The van der Waals surface area contributed by atoms with Crippen molar-refractivity contribution in [3.8, 4) is 11.1 Å². The van der Waals surface area contributed by atoms with E-state index in [2.05, 4.69) is 0 Å². The van der Waals surface area contributed by atoms with Gasteiger partial charge in [-0.05, 0) is 35.4 Å². The first-order valence-electron chi connectivity index (χ1n) is 5.22. The molecule has 90 valence electrons. The van der Waals surface area contributed by atoms with Gasteiger partial charge in [0.2, 0.25) is 0 Å². The molecular formula is C13H8Cl2N2O. The molecule has 0 saturated heterocycles. The van der Waals surface area contributed by atoms with Crippen molar-refractivity contribution in [2.45, 2.75) is 0 Å². The quantitative estimate of drug-likeness (QED) is 0.620. The minimum atomic E-state index is -0.105. The third-order valence-electron chi connectivity index (χ3n) is 3.05. The lowest BCUT2D eigenvalue weighted by Crippen LogP contribution is -1.98. The monoisotopic (exact) mass is 278 g/mol. The van der Waals surface area contributed by atoms with Gasteiger partial charge in [0.25, 0.3) is 0 Å². The zero-order valence-corrected chi connectivity index (χ0v) is 10.6. The van der Waals surface area contributed by atoms with Crippen molar-refractivity contribution in [2.24, 2.45) is 0 Å². The smallest absolute Gasteiger partial charge is 0.194 e. The van der Waals surface area contributed by atoms with Gasteiger partial charge in [-0.2, -0.15) is 0 Å². The molecule has 5 heteroatoms. The second kappa shape index (κ2) is 3.64. The third kappa shape index (κ3) is 1.41. The standard InChI is InChI=1S/C13H8Cl2N2O/c14-9-1-5-6-2-10(15)12(17)4-8(6)13(18)7(5)3-11(9)16/h1-4H,16-17H2. The van der Waals surface area contributed by atoms with Gasteiger partial charge in [0.1, 0.15) is 0 Å². The van der Waals surface area contributed by atoms with Crippen molar-refractivity contribution in [1.29, 1.82) is 0 Å². The van der Waals surface area contributed by atoms with E-state index in [4.69, 9.17) is 34.7 Å². The molecule has 1 aliphatic carbocycles. The lowest BCUT2D eigenvalue weighted by Gasteiger charge is -2.04. The topological polar surface area (TPSA) is 69.1 Å². The first-order chi connectivity index (χ1) is 8.49. The minimum Gasteiger partial charge on any atom is -0.398 e. The lowest BCUT2D eigenvalue weighted by molar-refractivity contribution is 0.104. The van der Waals surface area contributed by atoms with Gasteiger partial charge in [-0.25, -0.2) is 0 Å². The predicted octanol–water partition coefficient (Wildman–Crippen LogP) is 3.37. The highest BCUT2D eigenvalue weighted by Crippen LogP contribution is 2.42. The summed E-state index contributed by atoms with van der Waals surface area (Å²) in [4.78, 5) is 12.2. The van der Waals surface area contributed by atoms with Crippen LogP contribution in [0.3, 0.4) is 0 Å². The number of halogens is 2. The molecule has 4 N–H and O–H groups in total. The number of fused-ring (bicyclic) bond motifs is 3. The Bertz CT molecular complexity index is 651. The van der Waals surface area contributed by atoms with Gasteiger partial charge >= 0.3 is 0 Å². The molecular weight excluding hydrogens is 271 g/mol. The maximum Gasteiger partial charge on any atom is 0.194 e. The Labute approximate surface area is 113 Å². The first-order valence-corrected chi connectivity index (χ1v) is 5.97. The third-order valence-corrected chi connectivity index (χ3v) is 3.71. The molecule has 1 aliphatic rings. The number of ketones is 1. The zero-order valence-electron chi connectivity index (χ0n) is 9.13. The number of nitrogen functional groups attached to an aromatic ring is 2. The van der Waals surface area contributed by atoms with Gasteiger partial charge in [-0.1, -0.05) is 23.2 Å². The first kappa shape index (κ1) is 11.4. The fraction of sp³-hybridized carbons (Fsp3) is 0. The Morgan fingerprint density at radius 3 is 1.50 bits per heavy atom. The van der Waals surface area contributed by atoms with E-state index in [-0.39, 0.29) is 5.78 Å². The molecule has 0 amide bonds. The molecule has 0 heterocycles. The van der Waals surface area contributed by atoms with Crippen LogP contribution in [0.15, 0.2) is 24.3 Å². The van der Waals surface area contributed by atoms with E-state index < -0.39 is 0 Å². The number of rotatable bonds is 0. The molecule has 0 unspecified atom stereocenters. The number of carbonyl (C=O) groups excluding carboxylic acids is 1. The van der Waals surface area contributed by atoms with Crippen LogP contribution in [0.1, 0.15) is 15.9 Å². The van der Waals surface area contributed by atoms with Gasteiger partial charge < -0.3 is 11.5 Å². The van der Waals surface area contributed by atoms with Gasteiger partial charge in [0, 0.05) is 11.1 Å². The summed E-state index contributed by atoms with van der Waals surface area (Å²) in [6.07, 6.45) is 0. The van der Waals surface area contributed by atoms with E-state index >= 15 is 0 Å². The van der Waals surface area contributed by atoms with Crippen molar-refractivity contribution >= 4 is 40.4 Å². The van der Waals surface area contributed by atoms with Crippen LogP contribution in [-0.2, 0) is 0 Å². The number of benzene rings is 2. The highest BCUT2D eigenvalue weighted by Gasteiger charge is 2.28. The van der Waals surface area contributed by atoms with E-state index in [0.717, 1.165) is 11.1 Å². The Hall–Kier alpha value is -1.71. The van der Waals surface area contributed by atoms with E-state index in [1.807, 2.05) is 0 Å². The molecule has 0 fully saturated rings. The van der Waals surface area contributed by atoms with Crippen LogP contribution in [0.2, 0.25) is 10.0 Å². The summed E-state index contributed by atoms with van der Waals surface area (Å²) in [5.74, 6) is -0.105. The normalized spacial score (nSPS) is 12.4. The molecule has 0 aromatic heterocycles. The summed E-state index contributed by atoms with van der Waals surface area (Å²) < 4.78 is 0. The van der Waals surface area contributed by atoms with Crippen molar-refractivity contribution in [1.82, 2.24) is 0 Å². The summed E-state index contributed by atoms with van der Waals surface area (Å²) in [6.45, 7) is 0. The summed E-state index contributed by atoms with van der Waals surface area (Å²) in [5, 5.41) is 0.838. The molecule has 0 atom stereocenters. The van der Waals surface area contributed by atoms with Gasteiger partial charge in [0.05, 0.1) is 21.4 Å². The molecule has 0 bridgehead atoms. The number of carbonyl (C=O) groups is 1. The van der Waals surface area contributed by atoms with Gasteiger partial charge in [-0.15, -0.1) is 0 Å². The van der Waals surface area contributed by atoms with Crippen molar-refractivity contribution < 1.29 is 4.79 Å². The molecule has 0 saturated carbocycles. The highest BCUT2D eigenvalue weighted by molar-refractivity contribution is 6.36. The van der Waals surface area contributed by atoms with E-state index in [0.29, 0.717) is 32.5 Å². The summed E-state index contributed by atoms with van der Waals surface area (Å²) in [6, 6.07) is 6.54. The molecule has 0 spiro atoms. The van der Waals surface area contributed by atoms with Gasteiger partial charge in [0.15, 0.2) is 5.78 Å². The van der Waals surface area contributed by atoms with Gasteiger partial charge in [-0.3, -0.25) is 4.79 Å². The van der Waals surface area contributed by atoms with E-state index in [1.165, 1.54) is 0 Å². The molecule has 2 aromatic rings. The maximum absolute atomic E-state index is 12.2. The second-order valence-electron chi connectivity index (χ2n) is 4.17. The maximum atomic E-state index is 12.2. The van der Waals surface area contributed by atoms with Crippen LogP contribution in [0.5, 0.6) is 0 Å². The molecule has 3 nitrogen and oxygen atoms in total. The van der Waals surface area contributed by atoms with Crippen LogP contribution in [-0.4, -0.2) is 5.78 Å². The Kier molecular flexibility index (Phi) is 2.30. The van der Waals surface area contributed by atoms with E-state index in [1.54, 1.807) is 24.3 Å². The fourth-order valence-corrected chi connectivity index (χ4v) is 2.47. The Morgan fingerprint density at radius 1 is 0.722 bits per heavy atom. The SMILES string of the molecule is Nc1cc2c(cc1Cl)-c1cc(Cl)c(N)cc1C2=O. The Balaban J connectivity index is 2.37. The number of hydrogen-bond donors (Lipinski definition) is 2. The second-order valence-corrected chi connectivity index (χ2v) is 4.98. The largest absolute Gasteiger partial charge is 0.398 e. The van der Waals surface area contributed by atoms with Crippen molar-refractivity contribution in [3.63, 3.8) is 0 Å². The molecule has 2 aromatic carbocycles. The fourth-order valence-electron chi connectivity index (χ4n) is 2.15. The van der Waals surface area contributed by atoms with Crippen molar-refractivity contribution in [2.75, 3.05) is 11.5 Å². The van der Waals surface area contributed by atoms with Crippen LogP contribution in [0, 0.1) is 0 Å². The van der Waals surface area contributed by atoms with E-state index in [9.17, 15) is 4.79 Å². The average molecular weight is 279 g/mol. The van der Waals surface area contributed by atoms with Crippen molar-refractivity contribution in [3.05, 3.63) is 45.4 Å². The predicted molar refractivity (Wildman–Crippen MR) is 74.2 cm³/mol. The molecule has 18 heavy (non-hydrogen) atoms. The summed E-state index contributed by atoms with van der Waals surface area (Å²) in [7, 11) is 0. The Morgan fingerprint density at radius 2 is 1.11 bits per heavy atom. The minimum absolute atomic E-state index is 0.105. The van der Waals surface area contributed by atoms with Crippen LogP contribution in [0.4, 0.5) is 11.4 Å². The lowest BCUT2D eigenvalue weighted by atomic mass is 10.1. The summed E-state index contributed by atoms with van der Waals surface area (Å²) >= 11 is 12.0.